The molecular weight excluding hydrogens is 171 g/mol. The van der Waals surface area contributed by atoms with E-state index in [-0.39, 0.29) is 6.42 Å². The second-order valence-electron chi connectivity index (χ2n) is 1.95. The second-order valence-corrected chi connectivity index (χ2v) is 2.55. The van der Waals surface area contributed by atoms with Crippen LogP contribution in [-0.2, 0) is 0 Å². The molecule has 0 spiro atoms. The van der Waals surface area contributed by atoms with Gasteiger partial charge in [-0.3, -0.25) is 0 Å². The van der Waals surface area contributed by atoms with Crippen molar-refractivity contribution in [1.29, 1.82) is 0 Å². The Morgan fingerprint density at radius 1 is 1.20 bits per heavy atom. The molecule has 0 aliphatic heterocycles. The van der Waals surface area contributed by atoms with Crippen LogP contribution in [0.1, 0.15) is 19.8 Å². The van der Waals surface area contributed by atoms with Crippen LogP contribution in [0.2, 0.25) is 0 Å². The van der Waals surface area contributed by atoms with Gasteiger partial charge in [-0.15, -0.1) is 0 Å². The second kappa shape index (κ2) is 2.95. The molecule has 0 fully saturated rings. The van der Waals surface area contributed by atoms with E-state index >= 15 is 0 Å². The zero-order valence-corrected chi connectivity index (χ0v) is 6.06. The zero-order valence-electron chi connectivity index (χ0n) is 5.30. The lowest BCUT2D eigenvalue weighted by Gasteiger charge is -2.19. The summed E-state index contributed by atoms with van der Waals surface area (Å²) < 4.78 is 46.8. The van der Waals surface area contributed by atoms with Gasteiger partial charge in [-0.25, -0.2) is 4.39 Å². The molecule has 0 saturated carbocycles. The van der Waals surface area contributed by atoms with Gasteiger partial charge >= 0.3 is 6.18 Å². The molecule has 0 bridgehead atoms. The van der Waals surface area contributed by atoms with Crippen LogP contribution in [0, 0.1) is 0 Å². The fourth-order valence-electron chi connectivity index (χ4n) is 0.456. The van der Waals surface area contributed by atoms with Crippen LogP contribution in [-0.4, -0.2) is 11.3 Å². The minimum absolute atomic E-state index is 0.0690. The van der Waals surface area contributed by atoms with Gasteiger partial charge in [0.05, 0.1) is 0 Å². The molecule has 0 amide bonds. The van der Waals surface area contributed by atoms with E-state index in [4.69, 9.17) is 0 Å². The molecule has 0 aromatic heterocycles. The van der Waals surface area contributed by atoms with Crippen molar-refractivity contribution in [2.75, 3.05) is 0 Å². The molecule has 1 unspecified atom stereocenters. The first-order valence-corrected chi connectivity index (χ1v) is 3.13. The van der Waals surface area contributed by atoms with Gasteiger partial charge in [-0.2, -0.15) is 13.2 Å². The van der Waals surface area contributed by atoms with E-state index in [1.54, 1.807) is 0 Å². The van der Waals surface area contributed by atoms with Crippen molar-refractivity contribution >= 4 is 11.6 Å². The van der Waals surface area contributed by atoms with E-state index in [1.165, 1.54) is 6.92 Å². The van der Waals surface area contributed by atoms with Crippen molar-refractivity contribution in [3.8, 4) is 0 Å². The summed E-state index contributed by atoms with van der Waals surface area (Å²) in [5.74, 6) is 0. The van der Waals surface area contributed by atoms with Crippen molar-refractivity contribution < 1.29 is 17.6 Å². The molecule has 0 saturated heterocycles. The van der Waals surface area contributed by atoms with Gasteiger partial charge < -0.3 is 0 Å². The SMILES string of the molecule is CCCC(F)(Cl)C(F)(F)F. The molecule has 10 heavy (non-hydrogen) atoms. The minimum Gasteiger partial charge on any atom is -0.216 e. The predicted octanol–water partition coefficient (Wildman–Crippen LogP) is 3.25. The predicted molar refractivity (Wildman–Crippen MR) is 30.7 cm³/mol. The van der Waals surface area contributed by atoms with Crippen LogP contribution in [0.25, 0.3) is 0 Å². The Morgan fingerprint density at radius 2 is 1.60 bits per heavy atom. The summed E-state index contributed by atoms with van der Waals surface area (Å²) in [6.07, 6.45) is -5.58. The molecule has 62 valence electrons. The number of halogens is 5. The summed E-state index contributed by atoms with van der Waals surface area (Å²) in [5, 5.41) is -3.54. The lowest BCUT2D eigenvalue weighted by atomic mass is 10.2. The minimum atomic E-state index is -4.95. The van der Waals surface area contributed by atoms with E-state index < -0.39 is 17.7 Å². The van der Waals surface area contributed by atoms with E-state index in [0.29, 0.717) is 0 Å². The molecule has 0 aromatic rings. The number of alkyl halides is 5. The molecule has 0 aromatic carbocycles. The van der Waals surface area contributed by atoms with Crippen LogP contribution in [0.15, 0.2) is 0 Å². The standard InChI is InChI=1S/C5H7ClF4/c1-2-3-4(6,7)5(8,9)10/h2-3H2,1H3. The molecule has 0 aliphatic carbocycles. The smallest absolute Gasteiger partial charge is 0.216 e. The molecule has 1 atom stereocenters. The molecule has 0 heterocycles. The molecule has 5 heteroatoms. The number of rotatable bonds is 2. The largest absolute Gasteiger partial charge is 0.436 e. The highest BCUT2D eigenvalue weighted by molar-refractivity contribution is 6.23. The first-order chi connectivity index (χ1) is 4.31. The van der Waals surface area contributed by atoms with Crippen molar-refractivity contribution in [2.45, 2.75) is 31.1 Å². The average Bonchev–Trinajstić information content (AvgIpc) is 1.61. The number of hydrogen-bond acceptors (Lipinski definition) is 0. The van der Waals surface area contributed by atoms with Crippen LogP contribution in [0.5, 0.6) is 0 Å². The Bertz CT molecular complexity index is 107. The van der Waals surface area contributed by atoms with Crippen molar-refractivity contribution in [1.82, 2.24) is 0 Å². The van der Waals surface area contributed by atoms with Gasteiger partial charge in [0, 0.05) is 6.42 Å². The van der Waals surface area contributed by atoms with Gasteiger partial charge in [0.2, 0.25) is 0 Å². The first-order valence-electron chi connectivity index (χ1n) is 2.76. The molecule has 0 nitrogen and oxygen atoms in total. The maximum Gasteiger partial charge on any atom is 0.436 e. The van der Waals surface area contributed by atoms with Crippen LogP contribution in [0.4, 0.5) is 17.6 Å². The summed E-state index contributed by atoms with van der Waals surface area (Å²) in [6, 6.07) is 0. The lowest BCUT2D eigenvalue weighted by Crippen LogP contribution is -2.34. The highest BCUT2D eigenvalue weighted by atomic mass is 35.5. The van der Waals surface area contributed by atoms with Crippen molar-refractivity contribution in [2.24, 2.45) is 0 Å². The van der Waals surface area contributed by atoms with Crippen molar-refractivity contribution in [3.05, 3.63) is 0 Å². The third-order valence-electron chi connectivity index (χ3n) is 0.979. The van der Waals surface area contributed by atoms with Crippen LogP contribution >= 0.6 is 11.6 Å². The Morgan fingerprint density at radius 3 is 1.70 bits per heavy atom. The lowest BCUT2D eigenvalue weighted by molar-refractivity contribution is -0.199. The Hall–Kier alpha value is 0.01000. The topological polar surface area (TPSA) is 0 Å². The maximum absolute atomic E-state index is 12.2. The van der Waals surface area contributed by atoms with E-state index in [0.717, 1.165) is 0 Å². The van der Waals surface area contributed by atoms with Crippen molar-refractivity contribution in [3.63, 3.8) is 0 Å². The highest BCUT2D eigenvalue weighted by Crippen LogP contribution is 2.40. The highest BCUT2D eigenvalue weighted by Gasteiger charge is 2.53. The summed E-state index contributed by atoms with van der Waals surface area (Å²) in [5.41, 5.74) is 0. The molecule has 0 radical (unpaired) electrons. The fraction of sp³-hybridized carbons (Fsp3) is 1.00. The van der Waals surface area contributed by atoms with E-state index in [2.05, 4.69) is 11.6 Å². The molecule has 0 aliphatic rings. The molecule has 0 rings (SSSR count). The third kappa shape index (κ3) is 2.33. The Kier molecular flexibility index (Phi) is 2.95. The average molecular weight is 179 g/mol. The normalized spacial score (nSPS) is 18.6. The van der Waals surface area contributed by atoms with Gasteiger partial charge in [0.25, 0.3) is 5.13 Å². The van der Waals surface area contributed by atoms with Gasteiger partial charge in [0.15, 0.2) is 0 Å². The summed E-state index contributed by atoms with van der Waals surface area (Å²) in [6.45, 7) is 1.43. The summed E-state index contributed by atoms with van der Waals surface area (Å²) in [4.78, 5) is 0. The molecule has 0 N–H and O–H groups in total. The summed E-state index contributed by atoms with van der Waals surface area (Å²) in [7, 11) is 0. The van der Waals surface area contributed by atoms with Gasteiger partial charge in [-0.1, -0.05) is 24.9 Å². The Balaban J connectivity index is 4.10. The number of hydrogen-bond donors (Lipinski definition) is 0. The molecular formula is C5H7ClF4. The van der Waals surface area contributed by atoms with E-state index in [1.807, 2.05) is 0 Å². The van der Waals surface area contributed by atoms with E-state index in [9.17, 15) is 17.6 Å². The van der Waals surface area contributed by atoms with Crippen LogP contribution < -0.4 is 0 Å². The summed E-state index contributed by atoms with van der Waals surface area (Å²) >= 11 is 4.52. The van der Waals surface area contributed by atoms with Gasteiger partial charge in [0.1, 0.15) is 0 Å². The Labute approximate surface area is 61.2 Å². The fourth-order valence-corrected chi connectivity index (χ4v) is 0.645. The third-order valence-corrected chi connectivity index (χ3v) is 1.38. The van der Waals surface area contributed by atoms with Crippen LogP contribution in [0.3, 0.4) is 0 Å². The van der Waals surface area contributed by atoms with Gasteiger partial charge in [-0.05, 0) is 0 Å². The maximum atomic E-state index is 12.2. The monoisotopic (exact) mass is 178 g/mol. The first kappa shape index (κ1) is 10.0. The zero-order chi connectivity index (χ0) is 8.41. The quantitative estimate of drug-likeness (QED) is 0.450.